The van der Waals surface area contributed by atoms with Gasteiger partial charge in [0.1, 0.15) is 5.60 Å². The highest BCUT2D eigenvalue weighted by Gasteiger charge is 2.31. The predicted octanol–water partition coefficient (Wildman–Crippen LogP) is 1.25. The molecule has 2 rings (SSSR count). The SMILES string of the molecule is CN(C)CC1CCCN1CCC(O)(CN)c1ccccc1. The van der Waals surface area contributed by atoms with Gasteiger partial charge in [-0.15, -0.1) is 0 Å². The molecule has 1 aromatic rings. The van der Waals surface area contributed by atoms with Crippen molar-refractivity contribution in [3.8, 4) is 0 Å². The quantitative estimate of drug-likeness (QED) is 0.794. The zero-order chi connectivity index (χ0) is 15.3. The molecule has 4 nitrogen and oxygen atoms in total. The Morgan fingerprint density at radius 3 is 2.67 bits per heavy atom. The van der Waals surface area contributed by atoms with E-state index in [1.807, 2.05) is 30.3 Å². The summed E-state index contributed by atoms with van der Waals surface area (Å²) in [6.45, 7) is 3.39. The van der Waals surface area contributed by atoms with E-state index in [1.165, 1.54) is 12.8 Å². The van der Waals surface area contributed by atoms with Gasteiger partial charge in [0.2, 0.25) is 0 Å². The molecule has 118 valence electrons. The standard InChI is InChI=1S/C17H29N3O/c1-19(2)13-16-9-6-11-20(16)12-10-17(21,14-18)15-7-4-3-5-8-15/h3-5,7-8,16,21H,6,9-14,18H2,1-2H3. The molecule has 2 atom stereocenters. The van der Waals surface area contributed by atoms with E-state index in [1.54, 1.807) is 0 Å². The summed E-state index contributed by atoms with van der Waals surface area (Å²) < 4.78 is 0. The van der Waals surface area contributed by atoms with Gasteiger partial charge < -0.3 is 15.7 Å². The highest BCUT2D eigenvalue weighted by Crippen LogP contribution is 2.26. The topological polar surface area (TPSA) is 52.7 Å². The normalized spacial score (nSPS) is 22.6. The van der Waals surface area contributed by atoms with Crippen molar-refractivity contribution in [3.05, 3.63) is 35.9 Å². The van der Waals surface area contributed by atoms with Gasteiger partial charge in [-0.25, -0.2) is 0 Å². The minimum atomic E-state index is -0.910. The summed E-state index contributed by atoms with van der Waals surface area (Å²) in [4.78, 5) is 4.75. The molecule has 1 aromatic carbocycles. The second-order valence-corrected chi connectivity index (χ2v) is 6.45. The highest BCUT2D eigenvalue weighted by molar-refractivity contribution is 5.22. The molecule has 21 heavy (non-hydrogen) atoms. The molecule has 0 aliphatic carbocycles. The molecule has 0 spiro atoms. The van der Waals surface area contributed by atoms with E-state index in [-0.39, 0.29) is 6.54 Å². The van der Waals surface area contributed by atoms with Crippen LogP contribution in [0.1, 0.15) is 24.8 Å². The van der Waals surface area contributed by atoms with Crippen LogP contribution in [-0.4, -0.2) is 61.2 Å². The van der Waals surface area contributed by atoms with E-state index in [2.05, 4.69) is 23.9 Å². The molecule has 0 bridgehead atoms. The van der Waals surface area contributed by atoms with Crippen molar-refractivity contribution in [2.75, 3.05) is 40.3 Å². The first kappa shape index (κ1) is 16.4. The smallest absolute Gasteiger partial charge is 0.103 e. The maximum atomic E-state index is 10.9. The third-order valence-corrected chi connectivity index (χ3v) is 4.54. The van der Waals surface area contributed by atoms with Crippen LogP contribution in [0.25, 0.3) is 0 Å². The number of rotatable bonds is 7. The summed E-state index contributed by atoms with van der Waals surface area (Å²) in [6.07, 6.45) is 3.20. The Bertz CT molecular complexity index is 423. The lowest BCUT2D eigenvalue weighted by atomic mass is 9.90. The van der Waals surface area contributed by atoms with Crippen molar-refractivity contribution in [2.45, 2.75) is 30.9 Å². The molecule has 0 saturated carbocycles. The number of likely N-dealkylation sites (N-methyl/N-ethyl adjacent to an activating group) is 1. The zero-order valence-electron chi connectivity index (χ0n) is 13.3. The number of aliphatic hydroxyl groups is 1. The minimum Gasteiger partial charge on any atom is -0.384 e. The molecule has 1 fully saturated rings. The van der Waals surface area contributed by atoms with Crippen LogP contribution in [-0.2, 0) is 5.60 Å². The number of likely N-dealkylation sites (tertiary alicyclic amines) is 1. The van der Waals surface area contributed by atoms with Crippen molar-refractivity contribution in [1.29, 1.82) is 0 Å². The lowest BCUT2D eigenvalue weighted by Gasteiger charge is -2.32. The van der Waals surface area contributed by atoms with Crippen LogP contribution in [0, 0.1) is 0 Å². The average Bonchev–Trinajstić information content (AvgIpc) is 2.92. The predicted molar refractivity (Wildman–Crippen MR) is 87.2 cm³/mol. The number of benzene rings is 1. The van der Waals surface area contributed by atoms with E-state index in [0.717, 1.165) is 25.2 Å². The van der Waals surface area contributed by atoms with Crippen LogP contribution >= 0.6 is 0 Å². The summed E-state index contributed by atoms with van der Waals surface area (Å²) in [5.41, 5.74) is 5.88. The Morgan fingerprint density at radius 2 is 2.05 bits per heavy atom. The maximum Gasteiger partial charge on any atom is 0.103 e. The van der Waals surface area contributed by atoms with Crippen LogP contribution < -0.4 is 5.73 Å². The fourth-order valence-corrected chi connectivity index (χ4v) is 3.26. The van der Waals surface area contributed by atoms with E-state index in [0.29, 0.717) is 12.5 Å². The highest BCUT2D eigenvalue weighted by atomic mass is 16.3. The molecule has 0 aromatic heterocycles. The maximum absolute atomic E-state index is 10.9. The van der Waals surface area contributed by atoms with Gasteiger partial charge in [-0.2, -0.15) is 0 Å². The summed E-state index contributed by atoms with van der Waals surface area (Å²) in [6, 6.07) is 10.4. The van der Waals surface area contributed by atoms with Gasteiger partial charge in [-0.05, 0) is 45.5 Å². The third kappa shape index (κ3) is 4.27. The molecule has 1 saturated heterocycles. The van der Waals surface area contributed by atoms with Crippen LogP contribution in [0.4, 0.5) is 0 Å². The molecule has 0 radical (unpaired) electrons. The zero-order valence-corrected chi connectivity index (χ0v) is 13.3. The van der Waals surface area contributed by atoms with Crippen molar-refractivity contribution in [3.63, 3.8) is 0 Å². The first-order valence-corrected chi connectivity index (χ1v) is 7.92. The Labute approximate surface area is 128 Å². The minimum absolute atomic E-state index is 0.267. The number of hydrogen-bond donors (Lipinski definition) is 2. The lowest BCUT2D eigenvalue weighted by Crippen LogP contribution is -2.42. The largest absolute Gasteiger partial charge is 0.384 e. The molecule has 1 heterocycles. The second kappa shape index (κ2) is 7.36. The van der Waals surface area contributed by atoms with Gasteiger partial charge in [0.15, 0.2) is 0 Å². The first-order chi connectivity index (χ1) is 10.0. The Morgan fingerprint density at radius 1 is 1.33 bits per heavy atom. The number of nitrogens with two attached hydrogens (primary N) is 1. The fraction of sp³-hybridized carbons (Fsp3) is 0.647. The van der Waals surface area contributed by atoms with Gasteiger partial charge in [0.25, 0.3) is 0 Å². The molecule has 3 N–H and O–H groups in total. The fourth-order valence-electron chi connectivity index (χ4n) is 3.26. The van der Waals surface area contributed by atoms with Crippen LogP contribution in [0.2, 0.25) is 0 Å². The molecule has 4 heteroatoms. The molecular formula is C17H29N3O. The molecular weight excluding hydrogens is 262 g/mol. The van der Waals surface area contributed by atoms with Crippen LogP contribution in [0.3, 0.4) is 0 Å². The average molecular weight is 291 g/mol. The van der Waals surface area contributed by atoms with E-state index < -0.39 is 5.60 Å². The van der Waals surface area contributed by atoms with E-state index >= 15 is 0 Å². The van der Waals surface area contributed by atoms with Crippen LogP contribution in [0.15, 0.2) is 30.3 Å². The van der Waals surface area contributed by atoms with Crippen molar-refractivity contribution in [1.82, 2.24) is 9.80 Å². The van der Waals surface area contributed by atoms with Gasteiger partial charge >= 0.3 is 0 Å². The van der Waals surface area contributed by atoms with Crippen molar-refractivity contribution < 1.29 is 5.11 Å². The molecule has 0 amide bonds. The van der Waals surface area contributed by atoms with Crippen molar-refractivity contribution >= 4 is 0 Å². The van der Waals surface area contributed by atoms with Gasteiger partial charge in [-0.3, -0.25) is 4.90 Å². The lowest BCUT2D eigenvalue weighted by molar-refractivity contribution is 0.0234. The Balaban J connectivity index is 1.96. The first-order valence-electron chi connectivity index (χ1n) is 7.92. The molecule has 2 unspecified atom stereocenters. The van der Waals surface area contributed by atoms with Gasteiger partial charge in [-0.1, -0.05) is 30.3 Å². The van der Waals surface area contributed by atoms with Crippen molar-refractivity contribution in [2.24, 2.45) is 5.73 Å². The monoisotopic (exact) mass is 291 g/mol. The second-order valence-electron chi connectivity index (χ2n) is 6.45. The number of hydrogen-bond acceptors (Lipinski definition) is 4. The molecule has 1 aliphatic rings. The summed E-state index contributed by atoms with van der Waals surface area (Å²) in [5.74, 6) is 0. The summed E-state index contributed by atoms with van der Waals surface area (Å²) >= 11 is 0. The van der Waals surface area contributed by atoms with Gasteiger partial charge in [0.05, 0.1) is 0 Å². The molecule has 1 aliphatic heterocycles. The Hall–Kier alpha value is -0.940. The summed E-state index contributed by atoms with van der Waals surface area (Å²) in [5, 5.41) is 10.9. The third-order valence-electron chi connectivity index (χ3n) is 4.54. The van der Waals surface area contributed by atoms with Crippen LogP contribution in [0.5, 0.6) is 0 Å². The number of nitrogens with zero attached hydrogens (tertiary/aromatic N) is 2. The summed E-state index contributed by atoms with van der Waals surface area (Å²) in [7, 11) is 4.24. The Kier molecular flexibility index (Phi) is 5.76. The van der Waals surface area contributed by atoms with E-state index in [9.17, 15) is 5.11 Å². The van der Waals surface area contributed by atoms with E-state index in [4.69, 9.17) is 5.73 Å². The van der Waals surface area contributed by atoms with Gasteiger partial charge in [0, 0.05) is 25.7 Å².